The molecule has 0 radical (unpaired) electrons. The van der Waals surface area contributed by atoms with E-state index in [-0.39, 0.29) is 11.9 Å². The van der Waals surface area contributed by atoms with E-state index in [0.717, 1.165) is 18.7 Å². The molecule has 43 heavy (non-hydrogen) atoms. The van der Waals surface area contributed by atoms with Gasteiger partial charge in [0, 0.05) is 42.8 Å². The molecule has 7 nitrogen and oxygen atoms in total. The lowest BCUT2D eigenvalue weighted by Crippen LogP contribution is -2.50. The van der Waals surface area contributed by atoms with Crippen LogP contribution in [0.2, 0.25) is 5.02 Å². The molecular weight excluding hydrogens is 560 g/mol. The van der Waals surface area contributed by atoms with E-state index in [1.165, 1.54) is 11.1 Å². The average molecular weight is 593 g/mol. The monoisotopic (exact) mass is 592 g/mol. The third-order valence-corrected chi connectivity index (χ3v) is 8.10. The lowest BCUT2D eigenvalue weighted by Gasteiger charge is -2.39. The Hall–Kier alpha value is -4.59. The van der Waals surface area contributed by atoms with Crippen LogP contribution in [0.25, 0.3) is 16.9 Å². The van der Waals surface area contributed by atoms with E-state index in [9.17, 15) is 4.79 Å². The van der Waals surface area contributed by atoms with Gasteiger partial charge in [0.1, 0.15) is 17.2 Å². The second-order valence-corrected chi connectivity index (χ2v) is 10.9. The topological polar surface area (TPSA) is 59.8 Å². The summed E-state index contributed by atoms with van der Waals surface area (Å²) in [6, 6.07) is 36.0. The van der Waals surface area contributed by atoms with E-state index in [1.807, 2.05) is 59.5 Å². The second-order valence-electron chi connectivity index (χ2n) is 10.4. The molecule has 4 aromatic carbocycles. The van der Waals surface area contributed by atoms with Crippen LogP contribution in [0.15, 0.2) is 109 Å². The fraction of sp³-hybridized carbons (Fsp3) is 0.200. The molecule has 1 aromatic heterocycles. The van der Waals surface area contributed by atoms with Crippen molar-refractivity contribution in [3.8, 4) is 28.4 Å². The number of carbonyl (C=O) groups excluding carboxylic acids is 1. The van der Waals surface area contributed by atoms with Crippen molar-refractivity contribution < 1.29 is 14.3 Å². The van der Waals surface area contributed by atoms with Crippen LogP contribution in [0.4, 0.5) is 0 Å². The highest BCUT2D eigenvalue weighted by Gasteiger charge is 2.30. The van der Waals surface area contributed by atoms with Crippen LogP contribution in [-0.4, -0.2) is 65.9 Å². The van der Waals surface area contributed by atoms with Crippen molar-refractivity contribution in [2.45, 2.75) is 6.04 Å². The second kappa shape index (κ2) is 12.7. The first kappa shape index (κ1) is 28.5. The number of amides is 1. The summed E-state index contributed by atoms with van der Waals surface area (Å²) in [5.74, 6) is 1.20. The first-order chi connectivity index (χ1) is 21.1. The van der Waals surface area contributed by atoms with Crippen molar-refractivity contribution >= 4 is 17.5 Å². The van der Waals surface area contributed by atoms with Gasteiger partial charge in [-0.25, -0.2) is 4.68 Å². The molecule has 1 aliphatic rings. The molecule has 0 N–H and O–H groups in total. The van der Waals surface area contributed by atoms with Crippen molar-refractivity contribution in [1.29, 1.82) is 0 Å². The highest BCUT2D eigenvalue weighted by Crippen LogP contribution is 2.34. The van der Waals surface area contributed by atoms with Crippen LogP contribution in [0, 0.1) is 0 Å². The van der Waals surface area contributed by atoms with Gasteiger partial charge < -0.3 is 14.4 Å². The first-order valence-electron chi connectivity index (χ1n) is 14.3. The van der Waals surface area contributed by atoms with Crippen LogP contribution < -0.4 is 9.47 Å². The van der Waals surface area contributed by atoms with Gasteiger partial charge in [0.15, 0.2) is 0 Å². The Morgan fingerprint density at radius 3 is 2.05 bits per heavy atom. The summed E-state index contributed by atoms with van der Waals surface area (Å²) < 4.78 is 12.7. The standard InChI is InChI=1S/C35H33ClN4O3/c1-42-29-16-17-30(33(23-29)43-2)31-24-32(40(37-31)28-15-9-14-27(36)22-28)35(41)39-20-18-38(19-21-39)34(25-10-5-3-6-11-25)26-12-7-4-8-13-26/h3-17,22-24,34H,18-21H2,1-2H3. The lowest BCUT2D eigenvalue weighted by atomic mass is 9.96. The molecule has 8 heteroatoms. The third-order valence-electron chi connectivity index (χ3n) is 7.86. The van der Waals surface area contributed by atoms with Crippen LogP contribution >= 0.6 is 11.6 Å². The number of hydrogen-bond donors (Lipinski definition) is 0. The van der Waals surface area contributed by atoms with Crippen molar-refractivity contribution in [3.05, 3.63) is 131 Å². The van der Waals surface area contributed by atoms with Gasteiger partial charge in [-0.2, -0.15) is 5.10 Å². The largest absolute Gasteiger partial charge is 0.497 e. The average Bonchev–Trinajstić information content (AvgIpc) is 3.51. The normalized spacial score (nSPS) is 13.7. The molecule has 218 valence electrons. The maximum absolute atomic E-state index is 14.2. The molecule has 1 aliphatic heterocycles. The Balaban J connectivity index is 1.30. The fourth-order valence-corrected chi connectivity index (χ4v) is 5.89. The number of rotatable bonds is 8. The molecule has 0 saturated carbocycles. The highest BCUT2D eigenvalue weighted by atomic mass is 35.5. The number of hydrogen-bond acceptors (Lipinski definition) is 5. The van der Waals surface area contributed by atoms with Gasteiger partial charge in [-0.3, -0.25) is 9.69 Å². The number of piperazine rings is 1. The lowest BCUT2D eigenvalue weighted by molar-refractivity contribution is 0.0588. The van der Waals surface area contributed by atoms with Gasteiger partial charge in [-0.05, 0) is 47.5 Å². The van der Waals surface area contributed by atoms with E-state index >= 15 is 0 Å². The number of benzene rings is 4. The Morgan fingerprint density at radius 2 is 1.44 bits per heavy atom. The molecule has 0 bridgehead atoms. The number of carbonyl (C=O) groups is 1. The molecule has 0 spiro atoms. The molecule has 0 unspecified atom stereocenters. The van der Waals surface area contributed by atoms with Crippen molar-refractivity contribution in [3.63, 3.8) is 0 Å². The van der Waals surface area contributed by atoms with Gasteiger partial charge in [0.25, 0.3) is 5.91 Å². The van der Waals surface area contributed by atoms with Gasteiger partial charge in [0.2, 0.25) is 0 Å². The Bertz CT molecular complexity index is 1660. The van der Waals surface area contributed by atoms with Crippen molar-refractivity contribution in [2.24, 2.45) is 0 Å². The maximum Gasteiger partial charge on any atom is 0.272 e. The van der Waals surface area contributed by atoms with Crippen LogP contribution in [0.1, 0.15) is 27.7 Å². The van der Waals surface area contributed by atoms with Crippen LogP contribution in [0.3, 0.4) is 0 Å². The summed E-state index contributed by atoms with van der Waals surface area (Å²) in [6.07, 6.45) is 0. The van der Waals surface area contributed by atoms with E-state index < -0.39 is 0 Å². The van der Waals surface area contributed by atoms with E-state index in [0.29, 0.717) is 46.7 Å². The molecule has 1 saturated heterocycles. The molecule has 1 fully saturated rings. The number of halogens is 1. The summed E-state index contributed by atoms with van der Waals surface area (Å²) >= 11 is 6.35. The smallest absolute Gasteiger partial charge is 0.272 e. The summed E-state index contributed by atoms with van der Waals surface area (Å²) in [5, 5.41) is 5.44. The Kier molecular flexibility index (Phi) is 8.45. The van der Waals surface area contributed by atoms with Gasteiger partial charge >= 0.3 is 0 Å². The third kappa shape index (κ3) is 6.00. The minimum Gasteiger partial charge on any atom is -0.497 e. The van der Waals surface area contributed by atoms with Crippen LogP contribution in [0.5, 0.6) is 11.5 Å². The van der Waals surface area contributed by atoms with Gasteiger partial charge in [-0.1, -0.05) is 78.3 Å². The SMILES string of the molecule is COc1ccc(-c2cc(C(=O)N3CCN(C(c4ccccc4)c4ccccc4)CC3)n(-c3cccc(Cl)c3)n2)c(OC)c1. The summed E-state index contributed by atoms with van der Waals surface area (Å²) in [7, 11) is 3.22. The minimum atomic E-state index is -0.0816. The predicted molar refractivity (Wildman–Crippen MR) is 169 cm³/mol. The van der Waals surface area contributed by atoms with E-state index in [2.05, 4.69) is 53.4 Å². The van der Waals surface area contributed by atoms with Crippen molar-refractivity contribution in [1.82, 2.24) is 19.6 Å². The maximum atomic E-state index is 14.2. The predicted octanol–water partition coefficient (Wildman–Crippen LogP) is 6.76. The number of ether oxygens (including phenoxy) is 2. The highest BCUT2D eigenvalue weighted by molar-refractivity contribution is 6.30. The van der Waals surface area contributed by atoms with E-state index in [1.54, 1.807) is 25.0 Å². The molecule has 2 heterocycles. The zero-order valence-electron chi connectivity index (χ0n) is 24.2. The first-order valence-corrected chi connectivity index (χ1v) is 14.6. The zero-order valence-corrected chi connectivity index (χ0v) is 24.9. The molecule has 0 aliphatic carbocycles. The Labute approximate surface area is 256 Å². The molecule has 6 rings (SSSR count). The number of nitrogens with zero attached hydrogens (tertiary/aromatic N) is 4. The molecule has 1 amide bonds. The van der Waals surface area contributed by atoms with Gasteiger partial charge in [-0.15, -0.1) is 0 Å². The quantitative estimate of drug-likeness (QED) is 0.199. The van der Waals surface area contributed by atoms with Crippen LogP contribution in [-0.2, 0) is 0 Å². The van der Waals surface area contributed by atoms with Crippen molar-refractivity contribution in [2.75, 3.05) is 40.4 Å². The molecular formula is C35H33ClN4O3. The fourth-order valence-electron chi connectivity index (χ4n) is 5.71. The van der Waals surface area contributed by atoms with Gasteiger partial charge in [0.05, 0.1) is 31.6 Å². The molecule has 5 aromatic rings. The van der Waals surface area contributed by atoms with E-state index in [4.69, 9.17) is 26.2 Å². The number of aromatic nitrogens is 2. The minimum absolute atomic E-state index is 0.0816. The molecule has 0 atom stereocenters. The number of methoxy groups -OCH3 is 2. The summed E-state index contributed by atoms with van der Waals surface area (Å²) in [6.45, 7) is 2.67. The Morgan fingerprint density at radius 1 is 0.767 bits per heavy atom. The zero-order chi connectivity index (χ0) is 29.8. The summed E-state index contributed by atoms with van der Waals surface area (Å²) in [4.78, 5) is 18.5. The summed E-state index contributed by atoms with van der Waals surface area (Å²) in [5.41, 5.74) is 5.04.